The molecule has 82 valence electrons. The van der Waals surface area contributed by atoms with Crippen LogP contribution in [0.3, 0.4) is 0 Å². The van der Waals surface area contributed by atoms with Gasteiger partial charge in [0.05, 0.1) is 0 Å². The van der Waals surface area contributed by atoms with Gasteiger partial charge in [0.1, 0.15) is 0 Å². The summed E-state index contributed by atoms with van der Waals surface area (Å²) >= 11 is 0. The minimum absolute atomic E-state index is 0.230. The van der Waals surface area contributed by atoms with Gasteiger partial charge in [-0.3, -0.25) is 15.6 Å². The molecule has 1 aromatic rings. The summed E-state index contributed by atoms with van der Waals surface area (Å²) in [6.45, 7) is 0. The predicted molar refractivity (Wildman–Crippen MR) is 55.6 cm³/mol. The molecule has 0 spiro atoms. The number of aromatic nitrogens is 2. The van der Waals surface area contributed by atoms with Crippen LogP contribution < -0.4 is 28.3 Å². The van der Waals surface area contributed by atoms with Gasteiger partial charge in [0.15, 0.2) is 0 Å². The molecule has 0 atom stereocenters. The van der Waals surface area contributed by atoms with Crippen molar-refractivity contribution < 1.29 is 0 Å². The Morgan fingerprint density at radius 2 is 2.33 bits per heavy atom. The molecule has 0 aliphatic carbocycles. The number of nitrogens with one attached hydrogen (secondary N) is 2. The number of allylic oxidation sites excluding steroid dienone is 1. The van der Waals surface area contributed by atoms with E-state index in [4.69, 9.17) is 11.6 Å². The highest BCUT2D eigenvalue weighted by Gasteiger charge is 2.03. The molecule has 7 nitrogen and oxygen atoms in total. The molecular formula is C8H13N5O2. The lowest BCUT2D eigenvalue weighted by Crippen LogP contribution is -2.30. The number of hydrogen-bond acceptors (Lipinski definition) is 5. The maximum Gasteiger partial charge on any atom is 0.328 e. The Kier molecular flexibility index (Phi) is 3.29. The van der Waals surface area contributed by atoms with Crippen molar-refractivity contribution in [1.29, 1.82) is 0 Å². The molecule has 1 aromatic heterocycles. The van der Waals surface area contributed by atoms with Crippen LogP contribution in [0, 0.1) is 0 Å². The second-order valence-corrected chi connectivity index (χ2v) is 3.09. The first-order chi connectivity index (χ1) is 7.04. The Labute approximate surface area is 85.4 Å². The average molecular weight is 211 g/mol. The largest absolute Gasteiger partial charge is 0.401 e. The fraction of sp³-hybridized carbons (Fsp3) is 0.250. The number of hydrazine groups is 1. The van der Waals surface area contributed by atoms with Crippen LogP contribution in [0.4, 0.5) is 0 Å². The lowest BCUT2D eigenvalue weighted by molar-refractivity contribution is 0.777. The van der Waals surface area contributed by atoms with Crippen molar-refractivity contribution >= 4 is 0 Å². The maximum atomic E-state index is 11.3. The first kappa shape index (κ1) is 11.1. The van der Waals surface area contributed by atoms with Gasteiger partial charge in [-0.05, 0) is 0 Å². The lowest BCUT2D eigenvalue weighted by atomic mass is 10.2. The van der Waals surface area contributed by atoms with Gasteiger partial charge in [-0.25, -0.2) is 4.79 Å². The van der Waals surface area contributed by atoms with Crippen LogP contribution in [0.2, 0.25) is 0 Å². The number of nitrogens with zero attached hydrogens (tertiary/aromatic N) is 1. The SMILES string of the molecule is Cn1cc(C/C(N)=C/NN)c(=O)[nH]c1=O. The molecule has 0 aliphatic heterocycles. The summed E-state index contributed by atoms with van der Waals surface area (Å²) in [4.78, 5) is 24.5. The summed E-state index contributed by atoms with van der Waals surface area (Å²) in [7, 11) is 1.54. The highest BCUT2D eigenvalue weighted by molar-refractivity contribution is 5.13. The van der Waals surface area contributed by atoms with Crippen LogP contribution in [0.15, 0.2) is 27.7 Å². The summed E-state index contributed by atoms with van der Waals surface area (Å²) in [6, 6.07) is 0. The van der Waals surface area contributed by atoms with Gasteiger partial charge in [0.2, 0.25) is 0 Å². The molecule has 6 N–H and O–H groups in total. The Bertz CT molecular complexity index is 485. The smallest absolute Gasteiger partial charge is 0.328 e. The van der Waals surface area contributed by atoms with Gasteiger partial charge in [0, 0.05) is 37.1 Å². The minimum Gasteiger partial charge on any atom is -0.401 e. The third kappa shape index (κ3) is 2.71. The van der Waals surface area contributed by atoms with E-state index in [2.05, 4.69) is 10.4 Å². The molecule has 0 radical (unpaired) electrons. The molecule has 1 heterocycles. The molecule has 0 amide bonds. The van der Waals surface area contributed by atoms with E-state index in [9.17, 15) is 9.59 Å². The van der Waals surface area contributed by atoms with Crippen molar-refractivity contribution in [2.45, 2.75) is 6.42 Å². The van der Waals surface area contributed by atoms with Gasteiger partial charge >= 0.3 is 5.69 Å². The monoisotopic (exact) mass is 211 g/mol. The Hall–Kier alpha value is -2.02. The fourth-order valence-corrected chi connectivity index (χ4v) is 1.12. The van der Waals surface area contributed by atoms with E-state index in [1.165, 1.54) is 17.0 Å². The zero-order valence-electron chi connectivity index (χ0n) is 8.28. The summed E-state index contributed by atoms with van der Waals surface area (Å²) in [5, 5.41) is 0. The second-order valence-electron chi connectivity index (χ2n) is 3.09. The molecule has 7 heteroatoms. The third-order valence-electron chi connectivity index (χ3n) is 1.85. The number of H-pyrrole nitrogens is 1. The molecule has 15 heavy (non-hydrogen) atoms. The first-order valence-electron chi connectivity index (χ1n) is 4.24. The van der Waals surface area contributed by atoms with Crippen molar-refractivity contribution in [3.8, 4) is 0 Å². The van der Waals surface area contributed by atoms with E-state index in [0.29, 0.717) is 11.3 Å². The number of hydrogen-bond donors (Lipinski definition) is 4. The first-order valence-corrected chi connectivity index (χ1v) is 4.24. The number of rotatable bonds is 3. The van der Waals surface area contributed by atoms with E-state index >= 15 is 0 Å². The van der Waals surface area contributed by atoms with Gasteiger partial charge < -0.3 is 15.7 Å². The van der Waals surface area contributed by atoms with Crippen molar-refractivity contribution in [3.63, 3.8) is 0 Å². The van der Waals surface area contributed by atoms with Gasteiger partial charge in [-0.2, -0.15) is 0 Å². The molecular weight excluding hydrogens is 198 g/mol. The Morgan fingerprint density at radius 1 is 1.67 bits per heavy atom. The van der Waals surface area contributed by atoms with E-state index in [0.717, 1.165) is 0 Å². The lowest BCUT2D eigenvalue weighted by Gasteiger charge is -2.03. The van der Waals surface area contributed by atoms with Gasteiger partial charge in [-0.1, -0.05) is 0 Å². The number of aryl methyl sites for hydroxylation is 1. The van der Waals surface area contributed by atoms with Crippen LogP contribution in [-0.4, -0.2) is 9.55 Å². The van der Waals surface area contributed by atoms with Gasteiger partial charge in [0.25, 0.3) is 5.56 Å². The van der Waals surface area contributed by atoms with Crippen LogP contribution in [0.1, 0.15) is 5.56 Å². The van der Waals surface area contributed by atoms with E-state index in [1.807, 2.05) is 0 Å². The molecule has 0 aromatic carbocycles. The molecule has 0 bridgehead atoms. The molecule has 0 saturated carbocycles. The van der Waals surface area contributed by atoms with Crippen molar-refractivity contribution in [1.82, 2.24) is 15.0 Å². The van der Waals surface area contributed by atoms with E-state index in [1.54, 1.807) is 7.05 Å². The van der Waals surface area contributed by atoms with E-state index in [-0.39, 0.29) is 6.42 Å². The third-order valence-corrected chi connectivity index (χ3v) is 1.85. The highest BCUT2D eigenvalue weighted by atomic mass is 16.2. The molecule has 0 aliphatic rings. The van der Waals surface area contributed by atoms with Crippen molar-refractivity contribution in [2.24, 2.45) is 18.6 Å². The quantitative estimate of drug-likeness (QED) is 0.336. The summed E-state index contributed by atoms with van der Waals surface area (Å²) in [6.07, 6.45) is 3.05. The number of nitrogens with two attached hydrogens (primary N) is 2. The van der Waals surface area contributed by atoms with Crippen molar-refractivity contribution in [3.05, 3.63) is 44.5 Å². The molecule has 0 unspecified atom stereocenters. The van der Waals surface area contributed by atoms with Crippen LogP contribution in [-0.2, 0) is 13.5 Å². The molecule has 0 saturated heterocycles. The zero-order valence-corrected chi connectivity index (χ0v) is 8.28. The summed E-state index contributed by atoms with van der Waals surface area (Å²) < 4.78 is 1.28. The fourth-order valence-electron chi connectivity index (χ4n) is 1.12. The van der Waals surface area contributed by atoms with Crippen molar-refractivity contribution in [2.75, 3.05) is 0 Å². The second kappa shape index (κ2) is 4.47. The Morgan fingerprint density at radius 3 is 2.93 bits per heavy atom. The average Bonchev–Trinajstić information content (AvgIpc) is 2.14. The molecule has 0 fully saturated rings. The normalized spacial score (nSPS) is 11.5. The summed E-state index contributed by atoms with van der Waals surface area (Å²) in [5.74, 6) is 5.03. The van der Waals surface area contributed by atoms with Crippen LogP contribution in [0.25, 0.3) is 0 Å². The summed E-state index contributed by atoms with van der Waals surface area (Å²) in [5.41, 5.74) is 7.73. The maximum absolute atomic E-state index is 11.3. The van der Waals surface area contributed by atoms with Crippen LogP contribution >= 0.6 is 0 Å². The standard InChI is InChI=1S/C8H13N5O2/c1-13-4-5(2-6(9)3-11-10)7(14)12-8(13)15/h3-4,11H,2,9-10H2,1H3,(H,12,14,15)/b6-3-. The Balaban J connectivity index is 3.06. The molecule has 1 rings (SSSR count). The topological polar surface area (TPSA) is 119 Å². The number of aromatic amines is 1. The minimum atomic E-state index is -0.455. The van der Waals surface area contributed by atoms with E-state index < -0.39 is 11.2 Å². The predicted octanol–water partition coefficient (Wildman–Crippen LogP) is -2.12. The highest BCUT2D eigenvalue weighted by Crippen LogP contribution is 1.94. The van der Waals surface area contributed by atoms with Crippen LogP contribution in [0.5, 0.6) is 0 Å². The zero-order chi connectivity index (χ0) is 11.4. The van der Waals surface area contributed by atoms with Gasteiger partial charge in [-0.15, -0.1) is 0 Å².